The minimum Gasteiger partial charge on any atom is -0.501 e. The number of rotatable bonds is 19. The molecule has 1 atom stereocenters. The molecular formula is C22H42O. The topological polar surface area (TPSA) is 9.23 Å². The maximum atomic E-state index is 5.25. The van der Waals surface area contributed by atoms with E-state index in [4.69, 9.17) is 4.74 Å². The van der Waals surface area contributed by atoms with Crippen LogP contribution in [0.25, 0.3) is 0 Å². The Kier molecular flexibility index (Phi) is 18.7. The molecule has 0 radical (unpaired) electrons. The molecule has 1 heteroatoms. The van der Waals surface area contributed by atoms with Gasteiger partial charge in [0, 0.05) is 5.92 Å². The molecule has 0 aromatic carbocycles. The van der Waals surface area contributed by atoms with E-state index in [9.17, 15) is 0 Å². The SMILES string of the molecule is C=COCC(C=C)CCCCCCCCCCCCCCCC. The first-order valence-corrected chi connectivity index (χ1v) is 10.2. The molecule has 0 heterocycles. The average molecular weight is 323 g/mol. The van der Waals surface area contributed by atoms with E-state index in [-0.39, 0.29) is 0 Å². The van der Waals surface area contributed by atoms with Crippen molar-refractivity contribution >= 4 is 0 Å². The Morgan fingerprint density at radius 1 is 0.696 bits per heavy atom. The van der Waals surface area contributed by atoms with Crippen molar-refractivity contribution in [3.63, 3.8) is 0 Å². The molecule has 0 aliphatic rings. The van der Waals surface area contributed by atoms with Crippen molar-refractivity contribution in [3.05, 3.63) is 25.5 Å². The van der Waals surface area contributed by atoms with Crippen LogP contribution in [0.5, 0.6) is 0 Å². The minimum absolute atomic E-state index is 0.491. The van der Waals surface area contributed by atoms with Crippen LogP contribution in [0, 0.1) is 5.92 Å². The summed E-state index contributed by atoms with van der Waals surface area (Å²) in [5.74, 6) is 0.491. The lowest BCUT2D eigenvalue weighted by molar-refractivity contribution is 0.209. The summed E-state index contributed by atoms with van der Waals surface area (Å²) in [6.07, 6.45) is 24.6. The molecule has 0 aliphatic heterocycles. The lowest BCUT2D eigenvalue weighted by atomic mass is 10.0. The molecule has 0 saturated heterocycles. The number of ether oxygens (including phenoxy) is 1. The van der Waals surface area contributed by atoms with Gasteiger partial charge in [0.25, 0.3) is 0 Å². The molecule has 0 N–H and O–H groups in total. The lowest BCUT2D eigenvalue weighted by Crippen LogP contribution is -2.04. The first-order chi connectivity index (χ1) is 11.3. The van der Waals surface area contributed by atoms with Crippen molar-refractivity contribution < 1.29 is 4.74 Å². The number of unbranched alkanes of at least 4 members (excludes halogenated alkanes) is 13. The van der Waals surface area contributed by atoms with Gasteiger partial charge in [0.15, 0.2) is 0 Å². The van der Waals surface area contributed by atoms with Crippen molar-refractivity contribution in [2.24, 2.45) is 5.92 Å². The normalized spacial score (nSPS) is 12.0. The first kappa shape index (κ1) is 22.3. The Bertz CT molecular complexity index is 246. The highest BCUT2D eigenvalue weighted by atomic mass is 16.5. The minimum atomic E-state index is 0.491. The summed E-state index contributed by atoms with van der Waals surface area (Å²) < 4.78 is 5.25. The fraction of sp³-hybridized carbons (Fsp3) is 0.818. The second-order valence-electron chi connectivity index (χ2n) is 6.88. The van der Waals surface area contributed by atoms with Crippen LogP contribution < -0.4 is 0 Å². The van der Waals surface area contributed by atoms with Gasteiger partial charge in [-0.2, -0.15) is 0 Å². The summed E-state index contributed by atoms with van der Waals surface area (Å²) in [7, 11) is 0. The van der Waals surface area contributed by atoms with Crippen LogP contribution in [0.1, 0.15) is 103 Å². The largest absolute Gasteiger partial charge is 0.501 e. The van der Waals surface area contributed by atoms with Gasteiger partial charge in [-0.3, -0.25) is 0 Å². The van der Waals surface area contributed by atoms with Crippen molar-refractivity contribution in [1.29, 1.82) is 0 Å². The molecule has 0 saturated carbocycles. The molecule has 0 bridgehead atoms. The highest BCUT2D eigenvalue weighted by molar-refractivity contribution is 4.79. The van der Waals surface area contributed by atoms with Crippen molar-refractivity contribution in [3.8, 4) is 0 Å². The third-order valence-electron chi connectivity index (χ3n) is 4.69. The second kappa shape index (κ2) is 19.3. The summed E-state index contributed by atoms with van der Waals surface area (Å²) in [6.45, 7) is 10.5. The fourth-order valence-corrected chi connectivity index (χ4v) is 3.06. The molecular weight excluding hydrogens is 280 g/mol. The van der Waals surface area contributed by atoms with Gasteiger partial charge < -0.3 is 4.74 Å². The van der Waals surface area contributed by atoms with Gasteiger partial charge in [-0.15, -0.1) is 6.58 Å². The highest BCUT2D eigenvalue weighted by Crippen LogP contribution is 2.15. The standard InChI is InChI=1S/C22H42O/c1-4-7-8-9-10-11-12-13-14-15-16-17-18-19-20-22(5-2)21-23-6-3/h5-6,22H,2-4,7-21H2,1H3. The summed E-state index contributed by atoms with van der Waals surface area (Å²) >= 11 is 0. The van der Waals surface area contributed by atoms with Gasteiger partial charge >= 0.3 is 0 Å². The molecule has 23 heavy (non-hydrogen) atoms. The predicted molar refractivity (Wildman–Crippen MR) is 105 cm³/mol. The van der Waals surface area contributed by atoms with Crippen LogP contribution in [0.4, 0.5) is 0 Å². The Labute approximate surface area is 146 Å². The first-order valence-electron chi connectivity index (χ1n) is 10.2. The molecule has 136 valence electrons. The molecule has 0 aromatic rings. The van der Waals surface area contributed by atoms with Crippen molar-refractivity contribution in [2.75, 3.05) is 6.61 Å². The molecule has 0 rings (SSSR count). The second-order valence-corrected chi connectivity index (χ2v) is 6.88. The zero-order valence-electron chi connectivity index (χ0n) is 15.9. The molecule has 0 amide bonds. The van der Waals surface area contributed by atoms with Crippen LogP contribution in [-0.4, -0.2) is 6.61 Å². The van der Waals surface area contributed by atoms with E-state index in [0.29, 0.717) is 5.92 Å². The number of hydrogen-bond donors (Lipinski definition) is 0. The van der Waals surface area contributed by atoms with Gasteiger partial charge in [-0.05, 0) is 6.42 Å². The van der Waals surface area contributed by atoms with E-state index in [0.717, 1.165) is 6.61 Å². The summed E-state index contributed by atoms with van der Waals surface area (Å²) in [5, 5.41) is 0. The maximum absolute atomic E-state index is 5.25. The van der Waals surface area contributed by atoms with Gasteiger partial charge in [0.2, 0.25) is 0 Å². The van der Waals surface area contributed by atoms with E-state index in [2.05, 4.69) is 20.1 Å². The monoisotopic (exact) mass is 322 g/mol. The molecule has 0 aromatic heterocycles. The fourth-order valence-electron chi connectivity index (χ4n) is 3.06. The smallest absolute Gasteiger partial charge is 0.0935 e. The van der Waals surface area contributed by atoms with Gasteiger partial charge in [-0.1, -0.05) is 109 Å². The van der Waals surface area contributed by atoms with Crippen LogP contribution in [0.2, 0.25) is 0 Å². The van der Waals surface area contributed by atoms with E-state index in [1.54, 1.807) is 0 Å². The van der Waals surface area contributed by atoms with E-state index < -0.39 is 0 Å². The summed E-state index contributed by atoms with van der Waals surface area (Å²) in [4.78, 5) is 0. The number of hydrogen-bond acceptors (Lipinski definition) is 1. The maximum Gasteiger partial charge on any atom is 0.0935 e. The molecule has 0 aliphatic carbocycles. The van der Waals surface area contributed by atoms with Crippen molar-refractivity contribution in [1.82, 2.24) is 0 Å². The summed E-state index contributed by atoms with van der Waals surface area (Å²) in [6, 6.07) is 0. The van der Waals surface area contributed by atoms with Gasteiger partial charge in [0.05, 0.1) is 12.9 Å². The van der Waals surface area contributed by atoms with Crippen LogP contribution in [0.3, 0.4) is 0 Å². The molecule has 0 spiro atoms. The van der Waals surface area contributed by atoms with Crippen LogP contribution in [-0.2, 0) is 4.74 Å². The van der Waals surface area contributed by atoms with Gasteiger partial charge in [-0.25, -0.2) is 0 Å². The zero-order chi connectivity index (χ0) is 17.0. The van der Waals surface area contributed by atoms with Gasteiger partial charge in [0.1, 0.15) is 0 Å². The third-order valence-corrected chi connectivity index (χ3v) is 4.69. The average Bonchev–Trinajstić information content (AvgIpc) is 2.57. The van der Waals surface area contributed by atoms with Crippen LogP contribution >= 0.6 is 0 Å². The van der Waals surface area contributed by atoms with Crippen LogP contribution in [0.15, 0.2) is 25.5 Å². The summed E-state index contributed by atoms with van der Waals surface area (Å²) in [5.41, 5.74) is 0. The molecule has 1 nitrogen and oxygen atoms in total. The third kappa shape index (κ3) is 17.5. The van der Waals surface area contributed by atoms with E-state index in [1.165, 1.54) is 103 Å². The lowest BCUT2D eigenvalue weighted by Gasteiger charge is -2.11. The Morgan fingerprint density at radius 3 is 1.52 bits per heavy atom. The van der Waals surface area contributed by atoms with E-state index >= 15 is 0 Å². The Hall–Kier alpha value is -0.720. The highest BCUT2D eigenvalue weighted by Gasteiger charge is 2.03. The Morgan fingerprint density at radius 2 is 1.13 bits per heavy atom. The molecule has 0 fully saturated rings. The predicted octanol–water partition coefficient (Wildman–Crippen LogP) is 7.82. The Balaban J connectivity index is 3.15. The molecule has 1 unspecified atom stereocenters. The van der Waals surface area contributed by atoms with E-state index in [1.807, 2.05) is 6.08 Å². The zero-order valence-corrected chi connectivity index (χ0v) is 15.9. The van der Waals surface area contributed by atoms with Crippen molar-refractivity contribution in [2.45, 2.75) is 103 Å². The quantitative estimate of drug-likeness (QED) is 0.134.